The lowest BCUT2D eigenvalue weighted by atomic mass is 10.0. The molecule has 0 amide bonds. The maximum absolute atomic E-state index is 5.84. The lowest BCUT2D eigenvalue weighted by Gasteiger charge is -2.34. The van der Waals surface area contributed by atoms with Gasteiger partial charge in [0, 0.05) is 18.3 Å². The quantitative estimate of drug-likeness (QED) is 0.817. The molecule has 3 nitrogen and oxygen atoms in total. The molecule has 0 radical (unpaired) electrons. The van der Waals surface area contributed by atoms with Crippen LogP contribution in [0, 0.1) is 6.92 Å². The number of nitrogens with zero attached hydrogens (tertiary/aromatic N) is 2. The fraction of sp³-hybridized carbons (Fsp3) is 0.538. The van der Waals surface area contributed by atoms with Crippen LogP contribution in [-0.4, -0.2) is 22.1 Å². The predicted molar refractivity (Wildman–Crippen MR) is 75.5 cm³/mol. The normalized spacial score (nSPS) is 18.4. The van der Waals surface area contributed by atoms with E-state index in [0.717, 1.165) is 23.5 Å². The number of pyridine rings is 1. The van der Waals surface area contributed by atoms with E-state index in [9.17, 15) is 0 Å². The van der Waals surface area contributed by atoms with Crippen molar-refractivity contribution in [3.05, 3.63) is 23.4 Å². The summed E-state index contributed by atoms with van der Waals surface area (Å²) in [6.45, 7) is 7.54. The predicted octanol–water partition coefficient (Wildman–Crippen LogP) is 2.40. The zero-order valence-electron chi connectivity index (χ0n) is 10.7. The lowest BCUT2D eigenvalue weighted by molar-refractivity contribution is 0.514. The Morgan fingerprint density at radius 2 is 2.24 bits per heavy atom. The first-order valence-corrected chi connectivity index (χ1v) is 6.37. The second-order valence-corrected chi connectivity index (χ2v) is 5.70. The molecule has 0 aliphatic carbocycles. The van der Waals surface area contributed by atoms with Crippen molar-refractivity contribution in [2.24, 2.45) is 5.73 Å². The van der Waals surface area contributed by atoms with Gasteiger partial charge in [-0.25, -0.2) is 4.98 Å². The maximum Gasteiger partial charge on any atom is 0.139 e. The van der Waals surface area contributed by atoms with Crippen molar-refractivity contribution in [3.63, 3.8) is 0 Å². The van der Waals surface area contributed by atoms with Crippen LogP contribution in [0.1, 0.15) is 37.8 Å². The number of hydrogen-bond acceptors (Lipinski definition) is 3. The molecule has 1 fully saturated rings. The Morgan fingerprint density at radius 1 is 1.53 bits per heavy atom. The second-order valence-electron chi connectivity index (χ2n) is 5.26. The van der Waals surface area contributed by atoms with E-state index in [1.807, 2.05) is 19.2 Å². The van der Waals surface area contributed by atoms with Crippen LogP contribution in [-0.2, 0) is 0 Å². The zero-order chi connectivity index (χ0) is 12.6. The van der Waals surface area contributed by atoms with Gasteiger partial charge in [0.25, 0.3) is 0 Å². The highest BCUT2D eigenvalue weighted by Crippen LogP contribution is 2.34. The zero-order valence-corrected chi connectivity index (χ0v) is 11.5. The Hall–Kier alpha value is -1.16. The van der Waals surface area contributed by atoms with Gasteiger partial charge in [0.15, 0.2) is 0 Å². The molecular weight excluding hydrogens is 230 g/mol. The van der Waals surface area contributed by atoms with Crippen molar-refractivity contribution in [1.29, 1.82) is 0 Å². The number of hydrogen-bond donors (Lipinski definition) is 1. The molecule has 0 saturated carbocycles. The van der Waals surface area contributed by atoms with Crippen LogP contribution in [0.3, 0.4) is 0 Å². The van der Waals surface area contributed by atoms with Gasteiger partial charge in [-0.3, -0.25) is 0 Å². The molecule has 17 heavy (non-hydrogen) atoms. The summed E-state index contributed by atoms with van der Waals surface area (Å²) in [6, 6.07) is 1.96. The van der Waals surface area contributed by atoms with Gasteiger partial charge in [-0.05, 0) is 45.2 Å². The van der Waals surface area contributed by atoms with Gasteiger partial charge in [0.2, 0.25) is 0 Å². The van der Waals surface area contributed by atoms with E-state index in [2.05, 4.69) is 23.7 Å². The van der Waals surface area contributed by atoms with Crippen LogP contribution < -0.4 is 10.6 Å². The number of anilines is 1. The topological polar surface area (TPSA) is 42.2 Å². The molecule has 1 aromatic rings. The standard InChI is InChI=1S/C13H19N3S/c1-9-5-7-15-12(10(9)11(14)17)16-8-4-6-13(16,2)3/h5,7H,4,6,8H2,1-3H3,(H2,14,17). The highest BCUT2D eigenvalue weighted by molar-refractivity contribution is 7.80. The third-order valence-corrected chi connectivity index (χ3v) is 3.75. The molecule has 2 heterocycles. The van der Waals surface area contributed by atoms with Gasteiger partial charge in [-0.2, -0.15) is 0 Å². The minimum absolute atomic E-state index is 0.139. The summed E-state index contributed by atoms with van der Waals surface area (Å²) >= 11 is 5.16. The highest BCUT2D eigenvalue weighted by Gasteiger charge is 2.34. The monoisotopic (exact) mass is 249 g/mol. The van der Waals surface area contributed by atoms with Crippen LogP contribution in [0.15, 0.2) is 12.3 Å². The molecule has 0 aromatic carbocycles. The summed E-state index contributed by atoms with van der Waals surface area (Å²) in [4.78, 5) is 7.26. The van der Waals surface area contributed by atoms with Crippen LogP contribution >= 0.6 is 12.2 Å². The van der Waals surface area contributed by atoms with E-state index < -0.39 is 0 Å². The summed E-state index contributed by atoms with van der Waals surface area (Å²) in [6.07, 6.45) is 4.21. The third kappa shape index (κ3) is 2.14. The first kappa shape index (κ1) is 12.3. The van der Waals surface area contributed by atoms with Crippen molar-refractivity contribution >= 4 is 23.0 Å². The smallest absolute Gasteiger partial charge is 0.139 e. The third-order valence-electron chi connectivity index (χ3n) is 3.54. The van der Waals surface area contributed by atoms with Crippen molar-refractivity contribution < 1.29 is 0 Å². The molecule has 1 saturated heterocycles. The average Bonchev–Trinajstić information content (AvgIpc) is 2.57. The van der Waals surface area contributed by atoms with E-state index in [0.29, 0.717) is 4.99 Å². The van der Waals surface area contributed by atoms with Crippen LogP contribution in [0.25, 0.3) is 0 Å². The average molecular weight is 249 g/mol. The first-order valence-electron chi connectivity index (χ1n) is 5.96. The van der Waals surface area contributed by atoms with Crippen LogP contribution in [0.5, 0.6) is 0 Å². The number of rotatable bonds is 2. The molecule has 0 bridgehead atoms. The summed E-state index contributed by atoms with van der Waals surface area (Å²) in [5.41, 5.74) is 8.01. The number of nitrogens with two attached hydrogens (primary N) is 1. The molecule has 0 spiro atoms. The Labute approximate surface area is 108 Å². The second kappa shape index (κ2) is 4.26. The van der Waals surface area contributed by atoms with E-state index >= 15 is 0 Å². The molecule has 2 rings (SSSR count). The SMILES string of the molecule is Cc1ccnc(N2CCCC2(C)C)c1C(N)=S. The Bertz CT molecular complexity index is 454. The van der Waals surface area contributed by atoms with E-state index in [-0.39, 0.29) is 5.54 Å². The van der Waals surface area contributed by atoms with Gasteiger partial charge in [0.1, 0.15) is 10.8 Å². The van der Waals surface area contributed by atoms with Crippen molar-refractivity contribution in [1.82, 2.24) is 4.98 Å². The van der Waals surface area contributed by atoms with Crippen molar-refractivity contribution in [2.45, 2.75) is 39.2 Å². The van der Waals surface area contributed by atoms with Gasteiger partial charge in [0.05, 0.1) is 5.56 Å². The van der Waals surface area contributed by atoms with Crippen LogP contribution in [0.4, 0.5) is 5.82 Å². The lowest BCUT2D eigenvalue weighted by Crippen LogP contribution is -2.40. The van der Waals surface area contributed by atoms with Gasteiger partial charge in [-0.15, -0.1) is 0 Å². The fourth-order valence-electron chi connectivity index (χ4n) is 2.55. The first-order chi connectivity index (χ1) is 7.93. The molecule has 1 aliphatic heterocycles. The Kier molecular flexibility index (Phi) is 3.08. The van der Waals surface area contributed by atoms with Crippen molar-refractivity contribution in [3.8, 4) is 0 Å². The molecule has 4 heteroatoms. The van der Waals surface area contributed by atoms with Gasteiger partial charge < -0.3 is 10.6 Å². The largest absolute Gasteiger partial charge is 0.389 e. The molecule has 1 aromatic heterocycles. The van der Waals surface area contributed by atoms with Gasteiger partial charge >= 0.3 is 0 Å². The molecular formula is C13H19N3S. The fourth-order valence-corrected chi connectivity index (χ4v) is 2.81. The summed E-state index contributed by atoms with van der Waals surface area (Å²) in [5.74, 6) is 0.944. The molecule has 1 aliphatic rings. The maximum atomic E-state index is 5.84. The minimum atomic E-state index is 0.139. The molecule has 92 valence electrons. The number of thiocarbonyl (C=S) groups is 1. The van der Waals surface area contributed by atoms with E-state index in [4.69, 9.17) is 18.0 Å². The Balaban J connectivity index is 2.52. The highest BCUT2D eigenvalue weighted by atomic mass is 32.1. The van der Waals surface area contributed by atoms with E-state index in [1.54, 1.807) is 0 Å². The van der Waals surface area contributed by atoms with Crippen LogP contribution in [0.2, 0.25) is 0 Å². The Morgan fingerprint density at radius 3 is 2.76 bits per heavy atom. The van der Waals surface area contributed by atoms with Gasteiger partial charge in [-0.1, -0.05) is 12.2 Å². The number of aryl methyl sites for hydroxylation is 1. The molecule has 2 N–H and O–H groups in total. The van der Waals surface area contributed by atoms with E-state index in [1.165, 1.54) is 12.8 Å². The molecule has 0 unspecified atom stereocenters. The van der Waals surface area contributed by atoms with Crippen molar-refractivity contribution in [2.75, 3.05) is 11.4 Å². The summed E-state index contributed by atoms with van der Waals surface area (Å²) in [5, 5.41) is 0. The minimum Gasteiger partial charge on any atom is -0.389 e. The number of aromatic nitrogens is 1. The summed E-state index contributed by atoms with van der Waals surface area (Å²) in [7, 11) is 0. The summed E-state index contributed by atoms with van der Waals surface area (Å²) < 4.78 is 0. The molecule has 0 atom stereocenters.